The van der Waals surface area contributed by atoms with E-state index in [2.05, 4.69) is 38.1 Å². The van der Waals surface area contributed by atoms with Crippen LogP contribution in [0.3, 0.4) is 0 Å². The van der Waals surface area contributed by atoms with Crippen LogP contribution in [-0.4, -0.2) is 0 Å². The Kier molecular flexibility index (Phi) is 4.13. The van der Waals surface area contributed by atoms with Crippen LogP contribution in [0.2, 0.25) is 0 Å². The van der Waals surface area contributed by atoms with E-state index < -0.39 is 0 Å². The number of alkyl halides is 1. The van der Waals surface area contributed by atoms with Crippen LogP contribution < -0.4 is 0 Å². The number of benzene rings is 1. The highest BCUT2D eigenvalue weighted by atomic mass is 35.5. The minimum absolute atomic E-state index is 0.131. The van der Waals surface area contributed by atoms with Gasteiger partial charge in [-0.3, -0.25) is 0 Å². The summed E-state index contributed by atoms with van der Waals surface area (Å²) in [5, 5.41) is -0.131. The van der Waals surface area contributed by atoms with Gasteiger partial charge in [0.25, 0.3) is 0 Å². The summed E-state index contributed by atoms with van der Waals surface area (Å²) in [5.41, 5.74) is 3.50. The molecule has 1 aromatic carbocycles. The maximum atomic E-state index is 6.45. The third-order valence-corrected chi connectivity index (χ3v) is 3.96. The molecule has 2 atom stereocenters. The molecule has 2 unspecified atom stereocenters. The molecule has 0 saturated heterocycles. The highest BCUT2D eigenvalue weighted by Crippen LogP contribution is 2.31. The molecular formula is C16H19ClO. The summed E-state index contributed by atoms with van der Waals surface area (Å²) in [4.78, 5) is 0. The van der Waals surface area contributed by atoms with Crippen molar-refractivity contribution in [3.05, 3.63) is 59.0 Å². The van der Waals surface area contributed by atoms with E-state index in [9.17, 15) is 0 Å². The van der Waals surface area contributed by atoms with Crippen molar-refractivity contribution in [1.29, 1.82) is 0 Å². The normalized spacial score (nSPS) is 14.4. The van der Waals surface area contributed by atoms with Gasteiger partial charge in [0.15, 0.2) is 0 Å². The molecule has 0 N–H and O–H groups in total. The van der Waals surface area contributed by atoms with Crippen LogP contribution in [0.4, 0.5) is 0 Å². The van der Waals surface area contributed by atoms with Crippen LogP contribution in [0.25, 0.3) is 0 Å². The van der Waals surface area contributed by atoms with Crippen molar-refractivity contribution in [2.75, 3.05) is 0 Å². The van der Waals surface area contributed by atoms with Crippen molar-refractivity contribution in [2.24, 2.45) is 0 Å². The van der Waals surface area contributed by atoms with Crippen molar-refractivity contribution in [3.63, 3.8) is 0 Å². The maximum Gasteiger partial charge on any atom is 0.101 e. The van der Waals surface area contributed by atoms with E-state index in [0.717, 1.165) is 23.3 Å². The second kappa shape index (κ2) is 5.62. The highest BCUT2D eigenvalue weighted by Gasteiger charge is 2.13. The zero-order valence-corrected chi connectivity index (χ0v) is 11.9. The predicted octanol–water partition coefficient (Wildman–Crippen LogP) is 5.43. The number of halogens is 1. The third kappa shape index (κ3) is 2.78. The Morgan fingerprint density at radius 3 is 2.22 bits per heavy atom. The predicted molar refractivity (Wildman–Crippen MR) is 76.3 cm³/mol. The molecule has 2 rings (SSSR count). The smallest absolute Gasteiger partial charge is 0.101 e. The number of hydrogen-bond donors (Lipinski definition) is 0. The first-order valence-corrected chi connectivity index (χ1v) is 6.84. The third-order valence-electron chi connectivity index (χ3n) is 3.45. The van der Waals surface area contributed by atoms with Crippen LogP contribution in [0.15, 0.2) is 41.0 Å². The molecule has 0 fully saturated rings. The van der Waals surface area contributed by atoms with E-state index in [1.54, 1.807) is 6.26 Å². The molecule has 0 saturated carbocycles. The van der Waals surface area contributed by atoms with Gasteiger partial charge in [0.05, 0.1) is 11.6 Å². The molecule has 18 heavy (non-hydrogen) atoms. The van der Waals surface area contributed by atoms with Crippen LogP contribution in [0.1, 0.15) is 54.0 Å². The maximum absolute atomic E-state index is 6.45. The van der Waals surface area contributed by atoms with Crippen LogP contribution in [0.5, 0.6) is 0 Å². The quantitative estimate of drug-likeness (QED) is 0.670. The molecule has 0 spiro atoms. The fourth-order valence-electron chi connectivity index (χ4n) is 2.02. The Hall–Kier alpha value is -1.21. The second-order valence-corrected chi connectivity index (χ2v) is 5.27. The lowest BCUT2D eigenvalue weighted by Gasteiger charge is -2.12. The van der Waals surface area contributed by atoms with Gasteiger partial charge in [-0.15, -0.1) is 11.6 Å². The van der Waals surface area contributed by atoms with E-state index in [4.69, 9.17) is 16.0 Å². The molecular weight excluding hydrogens is 244 g/mol. The molecule has 0 radical (unpaired) electrons. The molecule has 0 aliphatic heterocycles. The Morgan fingerprint density at radius 2 is 1.72 bits per heavy atom. The SMILES string of the molecule is CCC(C)c1ccc(C(Cl)c2coc(C)c2)cc1. The Bertz CT molecular complexity index is 498. The van der Waals surface area contributed by atoms with Crippen LogP contribution in [-0.2, 0) is 0 Å². The van der Waals surface area contributed by atoms with Crippen molar-refractivity contribution in [3.8, 4) is 0 Å². The van der Waals surface area contributed by atoms with Crippen molar-refractivity contribution >= 4 is 11.6 Å². The summed E-state index contributed by atoms with van der Waals surface area (Å²) in [5.74, 6) is 1.50. The average Bonchev–Trinajstić information content (AvgIpc) is 2.84. The fourth-order valence-corrected chi connectivity index (χ4v) is 2.28. The summed E-state index contributed by atoms with van der Waals surface area (Å²) in [6, 6.07) is 10.6. The first-order chi connectivity index (χ1) is 8.61. The lowest BCUT2D eigenvalue weighted by atomic mass is 9.96. The molecule has 0 aliphatic rings. The standard InChI is InChI=1S/C16H19ClO/c1-4-11(2)13-5-7-14(8-6-13)16(17)15-9-12(3)18-10-15/h5-11,16H,4H2,1-3H3. The summed E-state index contributed by atoms with van der Waals surface area (Å²) in [6.45, 7) is 6.38. The van der Waals surface area contributed by atoms with Gasteiger partial charge in [-0.2, -0.15) is 0 Å². The Labute approximate surface area is 114 Å². The van der Waals surface area contributed by atoms with E-state index in [1.165, 1.54) is 5.56 Å². The molecule has 0 bridgehead atoms. The zero-order valence-electron chi connectivity index (χ0n) is 11.1. The first-order valence-electron chi connectivity index (χ1n) is 6.40. The van der Waals surface area contributed by atoms with Gasteiger partial charge in [-0.05, 0) is 36.5 Å². The van der Waals surface area contributed by atoms with Gasteiger partial charge in [0, 0.05) is 5.56 Å². The molecule has 1 aromatic heterocycles. The molecule has 2 aromatic rings. The van der Waals surface area contributed by atoms with Crippen molar-refractivity contribution in [1.82, 2.24) is 0 Å². The first kappa shape index (κ1) is 13.2. The molecule has 1 heterocycles. The fraction of sp³-hybridized carbons (Fsp3) is 0.375. The van der Waals surface area contributed by atoms with Crippen molar-refractivity contribution in [2.45, 2.75) is 38.5 Å². The van der Waals surface area contributed by atoms with Gasteiger partial charge in [0.2, 0.25) is 0 Å². The lowest BCUT2D eigenvalue weighted by molar-refractivity contribution is 0.532. The molecule has 96 valence electrons. The van der Waals surface area contributed by atoms with Gasteiger partial charge < -0.3 is 4.42 Å². The molecule has 0 aliphatic carbocycles. The lowest BCUT2D eigenvalue weighted by Crippen LogP contribution is -1.94. The average molecular weight is 263 g/mol. The second-order valence-electron chi connectivity index (χ2n) is 4.83. The summed E-state index contributed by atoms with van der Waals surface area (Å²) >= 11 is 6.45. The monoisotopic (exact) mass is 262 g/mol. The van der Waals surface area contributed by atoms with Gasteiger partial charge in [0.1, 0.15) is 5.76 Å². The summed E-state index contributed by atoms with van der Waals surface area (Å²) < 4.78 is 5.30. The van der Waals surface area contributed by atoms with Crippen molar-refractivity contribution < 1.29 is 4.42 Å². The van der Waals surface area contributed by atoms with Gasteiger partial charge >= 0.3 is 0 Å². The summed E-state index contributed by atoms with van der Waals surface area (Å²) in [7, 11) is 0. The largest absolute Gasteiger partial charge is 0.469 e. The van der Waals surface area contributed by atoms with E-state index in [1.807, 2.05) is 13.0 Å². The highest BCUT2D eigenvalue weighted by molar-refractivity contribution is 6.22. The number of hydrogen-bond acceptors (Lipinski definition) is 1. The molecule has 0 amide bonds. The number of rotatable bonds is 4. The zero-order chi connectivity index (χ0) is 13.1. The molecule has 2 heteroatoms. The topological polar surface area (TPSA) is 13.1 Å². The Morgan fingerprint density at radius 1 is 1.11 bits per heavy atom. The van der Waals surface area contributed by atoms with E-state index in [-0.39, 0.29) is 5.38 Å². The molecule has 1 nitrogen and oxygen atoms in total. The van der Waals surface area contributed by atoms with E-state index >= 15 is 0 Å². The van der Waals surface area contributed by atoms with E-state index in [0.29, 0.717) is 5.92 Å². The Balaban J connectivity index is 2.19. The number of furan rings is 1. The number of aryl methyl sites for hydroxylation is 1. The van der Waals surface area contributed by atoms with Crippen LogP contribution >= 0.6 is 11.6 Å². The minimum Gasteiger partial charge on any atom is -0.469 e. The van der Waals surface area contributed by atoms with Gasteiger partial charge in [-0.1, -0.05) is 38.1 Å². The van der Waals surface area contributed by atoms with Crippen LogP contribution in [0, 0.1) is 6.92 Å². The summed E-state index contributed by atoms with van der Waals surface area (Å²) in [6.07, 6.45) is 2.89. The van der Waals surface area contributed by atoms with Gasteiger partial charge in [-0.25, -0.2) is 0 Å². The minimum atomic E-state index is -0.131.